The molecule has 86 valence electrons. The molecule has 0 bridgehead atoms. The monoisotopic (exact) mass is 222 g/mol. The number of amides is 1. The van der Waals surface area contributed by atoms with E-state index in [2.05, 4.69) is 10.4 Å². The van der Waals surface area contributed by atoms with Crippen molar-refractivity contribution in [1.82, 2.24) is 9.78 Å². The highest BCUT2D eigenvalue weighted by molar-refractivity contribution is 5.86. The first-order chi connectivity index (χ1) is 7.31. The molecule has 0 aliphatic heterocycles. The zero-order valence-corrected chi connectivity index (χ0v) is 9.74. The Labute approximate surface area is 93.8 Å². The van der Waals surface area contributed by atoms with Gasteiger partial charge in [0.15, 0.2) is 5.69 Å². The Balaban J connectivity index is 2.74. The predicted octanol–water partition coefficient (Wildman–Crippen LogP) is 1.64. The molecule has 6 nitrogen and oxygen atoms in total. The van der Waals surface area contributed by atoms with Crippen LogP contribution in [-0.4, -0.2) is 21.5 Å². The zero-order chi connectivity index (χ0) is 12.3. The SMILES string of the molecule is Cn1cc(NC(=O)OC(C)(C)C)c(C#N)n1. The van der Waals surface area contributed by atoms with Crippen LogP contribution in [0.2, 0.25) is 0 Å². The minimum atomic E-state index is -0.600. The van der Waals surface area contributed by atoms with Crippen molar-refractivity contribution in [2.75, 3.05) is 5.32 Å². The van der Waals surface area contributed by atoms with Crippen LogP contribution in [0.1, 0.15) is 26.5 Å². The number of hydrogen-bond donors (Lipinski definition) is 1. The summed E-state index contributed by atoms with van der Waals surface area (Å²) in [7, 11) is 1.67. The van der Waals surface area contributed by atoms with E-state index in [0.29, 0.717) is 5.69 Å². The van der Waals surface area contributed by atoms with Gasteiger partial charge in [0.25, 0.3) is 0 Å². The molecule has 1 N–H and O–H groups in total. The maximum absolute atomic E-state index is 11.4. The lowest BCUT2D eigenvalue weighted by Gasteiger charge is -2.19. The number of ether oxygens (including phenoxy) is 1. The summed E-state index contributed by atoms with van der Waals surface area (Å²) in [6.45, 7) is 5.29. The summed E-state index contributed by atoms with van der Waals surface area (Å²) < 4.78 is 6.50. The first-order valence-corrected chi connectivity index (χ1v) is 4.75. The van der Waals surface area contributed by atoms with Gasteiger partial charge in [-0.15, -0.1) is 0 Å². The van der Waals surface area contributed by atoms with Crippen molar-refractivity contribution >= 4 is 11.8 Å². The second-order valence-corrected chi connectivity index (χ2v) is 4.30. The lowest BCUT2D eigenvalue weighted by molar-refractivity contribution is 0.0636. The zero-order valence-electron chi connectivity index (χ0n) is 9.74. The standard InChI is InChI=1S/C10H14N4O2/c1-10(2,3)16-9(15)12-8-6-14(4)13-7(8)5-11/h6H,1-4H3,(H,12,15). The van der Waals surface area contributed by atoms with Gasteiger partial charge in [-0.3, -0.25) is 10.00 Å². The van der Waals surface area contributed by atoms with Crippen molar-refractivity contribution < 1.29 is 9.53 Å². The molecule has 16 heavy (non-hydrogen) atoms. The van der Waals surface area contributed by atoms with Crippen molar-refractivity contribution in [3.63, 3.8) is 0 Å². The molecule has 0 fully saturated rings. The topological polar surface area (TPSA) is 79.9 Å². The largest absolute Gasteiger partial charge is 0.444 e. The molecule has 0 radical (unpaired) electrons. The van der Waals surface area contributed by atoms with Crippen LogP contribution >= 0.6 is 0 Å². The molecule has 1 heterocycles. The molecule has 6 heteroatoms. The van der Waals surface area contributed by atoms with Crippen LogP contribution in [0.25, 0.3) is 0 Å². The number of hydrogen-bond acceptors (Lipinski definition) is 4. The maximum Gasteiger partial charge on any atom is 0.412 e. The summed E-state index contributed by atoms with van der Waals surface area (Å²) in [6.07, 6.45) is 0.944. The van der Waals surface area contributed by atoms with Crippen LogP contribution in [0.5, 0.6) is 0 Å². The maximum atomic E-state index is 11.4. The Morgan fingerprint density at radius 3 is 2.75 bits per heavy atom. The molecule has 0 aliphatic rings. The van der Waals surface area contributed by atoms with Gasteiger partial charge in [0.1, 0.15) is 17.4 Å². The van der Waals surface area contributed by atoms with Gasteiger partial charge in [-0.25, -0.2) is 4.79 Å². The smallest absolute Gasteiger partial charge is 0.412 e. The van der Waals surface area contributed by atoms with Crippen molar-refractivity contribution in [3.05, 3.63) is 11.9 Å². The number of nitriles is 1. The fourth-order valence-electron chi connectivity index (χ4n) is 1.08. The Morgan fingerprint density at radius 2 is 2.25 bits per heavy atom. The van der Waals surface area contributed by atoms with E-state index in [4.69, 9.17) is 10.00 Å². The quantitative estimate of drug-likeness (QED) is 0.783. The summed E-state index contributed by atoms with van der Waals surface area (Å²) in [4.78, 5) is 11.4. The van der Waals surface area contributed by atoms with Crippen LogP contribution in [0.3, 0.4) is 0 Å². The third-order valence-corrected chi connectivity index (χ3v) is 1.57. The molecule has 1 aromatic rings. The number of anilines is 1. The number of nitrogens with zero attached hydrogens (tertiary/aromatic N) is 3. The Bertz CT molecular complexity index is 437. The van der Waals surface area contributed by atoms with Crippen molar-refractivity contribution in [1.29, 1.82) is 5.26 Å². The molecular weight excluding hydrogens is 208 g/mol. The summed E-state index contributed by atoms with van der Waals surface area (Å²) in [5.41, 5.74) is -0.0633. The number of rotatable bonds is 1. The summed E-state index contributed by atoms with van der Waals surface area (Å²) in [5.74, 6) is 0. The van der Waals surface area contributed by atoms with Gasteiger partial charge in [0.05, 0.1) is 0 Å². The first-order valence-electron chi connectivity index (χ1n) is 4.75. The summed E-state index contributed by atoms with van der Waals surface area (Å²) in [5, 5.41) is 15.1. The minimum absolute atomic E-state index is 0.161. The Morgan fingerprint density at radius 1 is 1.62 bits per heavy atom. The van der Waals surface area contributed by atoms with Gasteiger partial charge in [0, 0.05) is 13.2 Å². The summed E-state index contributed by atoms with van der Waals surface area (Å²) >= 11 is 0. The van der Waals surface area contributed by atoms with E-state index in [0.717, 1.165) is 0 Å². The fraction of sp³-hybridized carbons (Fsp3) is 0.500. The lowest BCUT2D eigenvalue weighted by atomic mass is 10.2. The van der Waals surface area contributed by atoms with E-state index in [9.17, 15) is 4.79 Å². The summed E-state index contributed by atoms with van der Waals surface area (Å²) in [6, 6.07) is 1.88. The van der Waals surface area contributed by atoms with Crippen molar-refractivity contribution in [3.8, 4) is 6.07 Å². The molecule has 0 spiro atoms. The highest BCUT2D eigenvalue weighted by atomic mass is 16.6. The van der Waals surface area contributed by atoms with Crippen molar-refractivity contribution in [2.45, 2.75) is 26.4 Å². The van der Waals surface area contributed by atoms with Crippen LogP contribution in [-0.2, 0) is 11.8 Å². The first kappa shape index (κ1) is 12.0. The van der Waals surface area contributed by atoms with Gasteiger partial charge in [0.2, 0.25) is 0 Å². The van der Waals surface area contributed by atoms with E-state index in [1.54, 1.807) is 34.0 Å². The molecule has 1 rings (SSSR count). The number of aromatic nitrogens is 2. The third-order valence-electron chi connectivity index (χ3n) is 1.57. The normalized spacial score (nSPS) is 10.7. The van der Waals surface area contributed by atoms with E-state index >= 15 is 0 Å². The lowest BCUT2D eigenvalue weighted by Crippen LogP contribution is -2.27. The molecule has 0 saturated heterocycles. The van der Waals surface area contributed by atoms with Gasteiger partial charge >= 0.3 is 6.09 Å². The molecule has 0 aromatic carbocycles. The van der Waals surface area contributed by atoms with Crippen LogP contribution in [0, 0.1) is 11.3 Å². The van der Waals surface area contributed by atoms with E-state index in [-0.39, 0.29) is 5.69 Å². The Kier molecular flexibility index (Phi) is 3.18. The number of carbonyl (C=O) groups is 1. The van der Waals surface area contributed by atoms with Gasteiger partial charge < -0.3 is 4.74 Å². The fourth-order valence-corrected chi connectivity index (χ4v) is 1.08. The molecule has 1 aromatic heterocycles. The number of aryl methyl sites for hydroxylation is 1. The molecular formula is C10H14N4O2. The average Bonchev–Trinajstić information content (AvgIpc) is 2.42. The second kappa shape index (κ2) is 4.23. The van der Waals surface area contributed by atoms with Gasteiger partial charge in [-0.1, -0.05) is 0 Å². The third kappa shape index (κ3) is 3.28. The van der Waals surface area contributed by atoms with Crippen molar-refractivity contribution in [2.24, 2.45) is 7.05 Å². The number of carbonyl (C=O) groups excluding carboxylic acids is 1. The van der Waals surface area contributed by atoms with E-state index in [1.807, 2.05) is 6.07 Å². The van der Waals surface area contributed by atoms with Gasteiger partial charge in [-0.05, 0) is 20.8 Å². The highest BCUT2D eigenvalue weighted by Crippen LogP contribution is 2.14. The van der Waals surface area contributed by atoms with E-state index < -0.39 is 11.7 Å². The Hall–Kier alpha value is -2.03. The van der Waals surface area contributed by atoms with Crippen LogP contribution in [0.4, 0.5) is 10.5 Å². The minimum Gasteiger partial charge on any atom is -0.444 e. The van der Waals surface area contributed by atoms with Crippen LogP contribution < -0.4 is 5.32 Å². The predicted molar refractivity (Wildman–Crippen MR) is 57.8 cm³/mol. The van der Waals surface area contributed by atoms with E-state index in [1.165, 1.54) is 4.68 Å². The second-order valence-electron chi connectivity index (χ2n) is 4.30. The number of nitrogens with one attached hydrogen (secondary N) is 1. The molecule has 1 amide bonds. The molecule has 0 saturated carbocycles. The molecule has 0 atom stereocenters. The van der Waals surface area contributed by atoms with Crippen LogP contribution in [0.15, 0.2) is 6.20 Å². The average molecular weight is 222 g/mol. The highest BCUT2D eigenvalue weighted by Gasteiger charge is 2.18. The molecule has 0 unspecified atom stereocenters. The van der Waals surface area contributed by atoms with Gasteiger partial charge in [-0.2, -0.15) is 10.4 Å². The molecule has 0 aliphatic carbocycles.